The van der Waals surface area contributed by atoms with Gasteiger partial charge in [0.2, 0.25) is 0 Å². The van der Waals surface area contributed by atoms with Gasteiger partial charge in [-0.3, -0.25) is 0 Å². The number of morpholine rings is 1. The molecule has 1 aliphatic carbocycles. The molecule has 1 N–H and O–H groups in total. The van der Waals surface area contributed by atoms with Gasteiger partial charge >= 0.3 is 0 Å². The van der Waals surface area contributed by atoms with Crippen LogP contribution in [0.1, 0.15) is 27.2 Å². The van der Waals surface area contributed by atoms with Crippen LogP contribution in [0, 0.1) is 5.92 Å². The Kier molecular flexibility index (Phi) is 3.43. The van der Waals surface area contributed by atoms with Crippen LogP contribution < -0.4 is 5.32 Å². The van der Waals surface area contributed by atoms with Gasteiger partial charge in [-0.25, -0.2) is 0 Å². The van der Waals surface area contributed by atoms with Crippen molar-refractivity contribution in [3.63, 3.8) is 0 Å². The van der Waals surface area contributed by atoms with Crippen molar-refractivity contribution in [3.05, 3.63) is 23.3 Å². The number of rotatable bonds is 1. The molecule has 3 atom stereocenters. The fraction of sp³-hybridized carbons (Fsp3) is 0.692. The van der Waals surface area contributed by atoms with E-state index in [0.717, 1.165) is 18.1 Å². The molecule has 0 spiro atoms. The quantitative estimate of drug-likeness (QED) is 0.762. The van der Waals surface area contributed by atoms with Gasteiger partial charge in [0.25, 0.3) is 0 Å². The van der Waals surface area contributed by atoms with Crippen LogP contribution in [0.25, 0.3) is 0 Å². The zero-order chi connectivity index (χ0) is 11.8. The second kappa shape index (κ2) is 4.52. The molecule has 0 bridgehead atoms. The molecular formula is C13H20ClNO. The van der Waals surface area contributed by atoms with E-state index in [1.165, 1.54) is 0 Å². The van der Waals surface area contributed by atoms with E-state index in [9.17, 15) is 0 Å². The van der Waals surface area contributed by atoms with E-state index in [1.54, 1.807) is 0 Å². The molecule has 1 saturated heterocycles. The average molecular weight is 242 g/mol. The van der Waals surface area contributed by atoms with Crippen LogP contribution >= 0.6 is 11.6 Å². The van der Waals surface area contributed by atoms with Gasteiger partial charge in [-0.2, -0.15) is 0 Å². The number of hydrogen-bond donors (Lipinski definition) is 1. The zero-order valence-corrected chi connectivity index (χ0v) is 10.9. The normalized spacial score (nSPS) is 38.2. The summed E-state index contributed by atoms with van der Waals surface area (Å²) in [4.78, 5) is 0. The molecule has 90 valence electrons. The van der Waals surface area contributed by atoms with Gasteiger partial charge in [0.15, 0.2) is 0 Å². The van der Waals surface area contributed by atoms with Gasteiger partial charge in [0, 0.05) is 22.5 Å². The molecule has 3 heteroatoms. The van der Waals surface area contributed by atoms with E-state index < -0.39 is 0 Å². The predicted octanol–water partition coefficient (Wildman–Crippen LogP) is 2.84. The number of hydrogen-bond acceptors (Lipinski definition) is 2. The molecule has 0 amide bonds. The summed E-state index contributed by atoms with van der Waals surface area (Å²) < 4.78 is 5.99. The number of allylic oxidation sites excluding steroid dienone is 3. The lowest BCUT2D eigenvalue weighted by Crippen LogP contribution is -2.60. The minimum Gasteiger partial charge on any atom is -0.374 e. The maximum absolute atomic E-state index is 6.07. The van der Waals surface area contributed by atoms with Crippen molar-refractivity contribution < 1.29 is 4.74 Å². The monoisotopic (exact) mass is 241 g/mol. The molecule has 0 aromatic carbocycles. The second-order valence-electron chi connectivity index (χ2n) is 5.46. The Balaban J connectivity index is 2.01. The van der Waals surface area contributed by atoms with Gasteiger partial charge in [-0.15, -0.1) is 0 Å². The van der Waals surface area contributed by atoms with Gasteiger partial charge in [-0.1, -0.05) is 23.8 Å². The van der Waals surface area contributed by atoms with Gasteiger partial charge < -0.3 is 10.1 Å². The van der Waals surface area contributed by atoms with Crippen LogP contribution in [-0.2, 0) is 4.74 Å². The molecule has 0 aromatic rings. The first-order chi connectivity index (χ1) is 7.48. The Morgan fingerprint density at radius 1 is 1.50 bits per heavy atom. The summed E-state index contributed by atoms with van der Waals surface area (Å²) in [5, 5.41) is 4.52. The average Bonchev–Trinajstić information content (AvgIpc) is 2.15. The molecule has 2 rings (SSSR count). The highest BCUT2D eigenvalue weighted by atomic mass is 35.5. The van der Waals surface area contributed by atoms with Gasteiger partial charge in [0.05, 0.1) is 12.7 Å². The number of ether oxygens (including phenoxy) is 1. The van der Waals surface area contributed by atoms with E-state index in [2.05, 4.69) is 32.2 Å². The highest BCUT2D eigenvalue weighted by Gasteiger charge is 2.36. The molecule has 0 radical (unpaired) electrons. The topological polar surface area (TPSA) is 21.3 Å². The van der Waals surface area contributed by atoms with Crippen molar-refractivity contribution in [1.29, 1.82) is 0 Å². The van der Waals surface area contributed by atoms with Gasteiger partial charge in [-0.05, 0) is 33.3 Å². The van der Waals surface area contributed by atoms with E-state index in [-0.39, 0.29) is 11.6 Å². The Bertz CT molecular complexity index is 322. The summed E-state index contributed by atoms with van der Waals surface area (Å²) in [5.41, 5.74) is 0.0773. The lowest BCUT2D eigenvalue weighted by molar-refractivity contribution is -0.0665. The van der Waals surface area contributed by atoms with Crippen molar-refractivity contribution in [2.75, 3.05) is 6.61 Å². The third kappa shape index (κ3) is 2.68. The fourth-order valence-corrected chi connectivity index (χ4v) is 2.82. The molecule has 0 saturated carbocycles. The summed E-state index contributed by atoms with van der Waals surface area (Å²) in [6, 6.07) is 0.362. The molecule has 1 heterocycles. The largest absolute Gasteiger partial charge is 0.374 e. The Labute approximate surface area is 103 Å². The Hall–Kier alpha value is -0.310. The van der Waals surface area contributed by atoms with Crippen LogP contribution in [0.3, 0.4) is 0 Å². The van der Waals surface area contributed by atoms with Crippen LogP contribution in [0.5, 0.6) is 0 Å². The smallest absolute Gasteiger partial charge is 0.0792 e. The predicted molar refractivity (Wildman–Crippen MR) is 67.6 cm³/mol. The molecule has 2 unspecified atom stereocenters. The summed E-state index contributed by atoms with van der Waals surface area (Å²) in [7, 11) is 0. The standard InChI is InChI=1S/C13H20ClNO/c1-9-12(16-8-13(2,3)15-9)10-5-4-6-11(14)7-10/h4-6,9-10,12,15H,7-8H2,1-3H3/t9-,10?,12?/m0/s1. The first kappa shape index (κ1) is 12.2. The van der Waals surface area contributed by atoms with Crippen molar-refractivity contribution in [2.45, 2.75) is 44.9 Å². The molecule has 1 aliphatic heterocycles. The van der Waals surface area contributed by atoms with E-state index >= 15 is 0 Å². The third-order valence-electron chi connectivity index (χ3n) is 3.24. The van der Waals surface area contributed by atoms with Crippen LogP contribution in [-0.4, -0.2) is 24.3 Å². The second-order valence-corrected chi connectivity index (χ2v) is 5.94. The Morgan fingerprint density at radius 3 is 2.88 bits per heavy atom. The van der Waals surface area contributed by atoms with E-state index in [0.29, 0.717) is 12.0 Å². The Morgan fingerprint density at radius 2 is 2.25 bits per heavy atom. The lowest BCUT2D eigenvalue weighted by Gasteiger charge is -2.43. The summed E-state index contributed by atoms with van der Waals surface area (Å²) in [5.74, 6) is 0.399. The highest BCUT2D eigenvalue weighted by Crippen LogP contribution is 2.30. The molecule has 0 aromatic heterocycles. The third-order valence-corrected chi connectivity index (χ3v) is 3.52. The van der Waals surface area contributed by atoms with Crippen molar-refractivity contribution in [1.82, 2.24) is 5.32 Å². The zero-order valence-electron chi connectivity index (χ0n) is 10.2. The van der Waals surface area contributed by atoms with Crippen LogP contribution in [0.15, 0.2) is 23.3 Å². The molecular weight excluding hydrogens is 222 g/mol. The minimum absolute atomic E-state index is 0.0773. The van der Waals surface area contributed by atoms with E-state index in [4.69, 9.17) is 16.3 Å². The summed E-state index contributed by atoms with van der Waals surface area (Å²) in [6.45, 7) is 7.28. The molecule has 2 aliphatic rings. The SMILES string of the molecule is C[C@@H]1NC(C)(C)COC1C1C=CC=C(Cl)C1. The van der Waals surface area contributed by atoms with Gasteiger partial charge in [0.1, 0.15) is 0 Å². The lowest BCUT2D eigenvalue weighted by atomic mass is 9.87. The summed E-state index contributed by atoms with van der Waals surface area (Å²) >= 11 is 6.07. The minimum atomic E-state index is 0.0773. The van der Waals surface area contributed by atoms with Crippen molar-refractivity contribution in [2.24, 2.45) is 5.92 Å². The summed E-state index contributed by atoms with van der Waals surface area (Å²) in [6.07, 6.45) is 7.32. The maximum atomic E-state index is 6.07. The van der Waals surface area contributed by atoms with Crippen molar-refractivity contribution >= 4 is 11.6 Å². The first-order valence-corrected chi connectivity index (χ1v) is 6.28. The van der Waals surface area contributed by atoms with E-state index in [1.807, 2.05) is 12.2 Å². The van der Waals surface area contributed by atoms with Crippen LogP contribution in [0.4, 0.5) is 0 Å². The first-order valence-electron chi connectivity index (χ1n) is 5.90. The fourth-order valence-electron chi connectivity index (χ4n) is 2.57. The molecule has 2 nitrogen and oxygen atoms in total. The van der Waals surface area contributed by atoms with Crippen LogP contribution in [0.2, 0.25) is 0 Å². The maximum Gasteiger partial charge on any atom is 0.0792 e. The number of nitrogens with one attached hydrogen (secondary N) is 1. The van der Waals surface area contributed by atoms with Crippen molar-refractivity contribution in [3.8, 4) is 0 Å². The molecule has 16 heavy (non-hydrogen) atoms. The molecule has 1 fully saturated rings. The highest BCUT2D eigenvalue weighted by molar-refractivity contribution is 6.29. The number of halogens is 1.